The predicted octanol–water partition coefficient (Wildman–Crippen LogP) is 4.87. The Balaban J connectivity index is 1.45. The molecule has 0 saturated heterocycles. The van der Waals surface area contributed by atoms with E-state index in [1.165, 1.54) is 23.7 Å². The van der Waals surface area contributed by atoms with Gasteiger partial charge in [-0.3, -0.25) is 14.2 Å². The van der Waals surface area contributed by atoms with E-state index in [9.17, 15) is 9.59 Å². The molecule has 1 N–H and O–H groups in total. The normalized spacial score (nSPS) is 17.5. The van der Waals surface area contributed by atoms with Crippen molar-refractivity contribution in [3.8, 4) is 0 Å². The number of carbonyl (C=O) groups excluding carboxylic acids is 1. The van der Waals surface area contributed by atoms with Crippen LogP contribution in [0.4, 0.5) is 5.82 Å². The van der Waals surface area contributed by atoms with Gasteiger partial charge in [-0.2, -0.15) is 0 Å². The van der Waals surface area contributed by atoms with Gasteiger partial charge in [0.2, 0.25) is 5.91 Å². The Morgan fingerprint density at radius 1 is 1.30 bits per heavy atom. The van der Waals surface area contributed by atoms with Crippen molar-refractivity contribution in [3.63, 3.8) is 0 Å². The van der Waals surface area contributed by atoms with Crippen LogP contribution in [0.1, 0.15) is 68.2 Å². The van der Waals surface area contributed by atoms with Crippen LogP contribution < -0.4 is 10.9 Å². The highest BCUT2D eigenvalue weighted by Crippen LogP contribution is 2.44. The third-order valence-corrected chi connectivity index (χ3v) is 7.66. The van der Waals surface area contributed by atoms with Crippen LogP contribution in [0.2, 0.25) is 0 Å². The fourth-order valence-electron chi connectivity index (χ4n) is 4.20. The highest BCUT2D eigenvalue weighted by molar-refractivity contribution is 7.99. The molecule has 0 aromatic carbocycles. The molecule has 0 atom stereocenters. The Kier molecular flexibility index (Phi) is 5.41. The zero-order valence-electron chi connectivity index (χ0n) is 16.8. The molecule has 1 amide bonds. The van der Waals surface area contributed by atoms with E-state index in [1.807, 2.05) is 4.57 Å². The lowest BCUT2D eigenvalue weighted by molar-refractivity contribution is -0.113. The fraction of sp³-hybridized carbons (Fsp3) is 0.524. The van der Waals surface area contributed by atoms with Crippen molar-refractivity contribution in [2.24, 2.45) is 0 Å². The van der Waals surface area contributed by atoms with Crippen molar-refractivity contribution < 1.29 is 9.32 Å². The minimum Gasteiger partial charge on any atom is -0.360 e. The van der Waals surface area contributed by atoms with Gasteiger partial charge in [0.25, 0.3) is 5.56 Å². The van der Waals surface area contributed by atoms with Crippen LogP contribution in [0.3, 0.4) is 0 Å². The lowest BCUT2D eigenvalue weighted by atomic mass is 9.95. The number of aromatic nitrogens is 3. The van der Waals surface area contributed by atoms with E-state index in [0.717, 1.165) is 48.7 Å². The first-order valence-electron chi connectivity index (χ1n) is 10.5. The largest absolute Gasteiger partial charge is 0.360 e. The quantitative estimate of drug-likeness (QED) is 0.431. The van der Waals surface area contributed by atoms with Crippen molar-refractivity contribution >= 4 is 45.0 Å². The van der Waals surface area contributed by atoms with Gasteiger partial charge in [0.15, 0.2) is 11.0 Å². The molecular formula is C21H24N4O3S2. The van der Waals surface area contributed by atoms with Crippen LogP contribution in [0.5, 0.6) is 0 Å². The van der Waals surface area contributed by atoms with Gasteiger partial charge in [0.1, 0.15) is 10.6 Å². The topological polar surface area (TPSA) is 90.0 Å². The van der Waals surface area contributed by atoms with E-state index in [-0.39, 0.29) is 23.3 Å². The molecule has 7 nitrogen and oxygen atoms in total. The summed E-state index contributed by atoms with van der Waals surface area (Å²) < 4.78 is 6.88. The number of hydrogen-bond acceptors (Lipinski definition) is 7. The molecular weight excluding hydrogens is 420 g/mol. The summed E-state index contributed by atoms with van der Waals surface area (Å²) in [7, 11) is 0. The third kappa shape index (κ3) is 3.92. The van der Waals surface area contributed by atoms with Crippen LogP contribution in [0, 0.1) is 6.92 Å². The highest BCUT2D eigenvalue weighted by atomic mass is 32.2. The summed E-state index contributed by atoms with van der Waals surface area (Å²) in [5.74, 6) is 1.53. The number of amides is 1. The summed E-state index contributed by atoms with van der Waals surface area (Å²) in [6.07, 6.45) is 7.78. The molecule has 5 rings (SSSR count). The predicted molar refractivity (Wildman–Crippen MR) is 119 cm³/mol. The van der Waals surface area contributed by atoms with Crippen LogP contribution in [-0.2, 0) is 4.79 Å². The fourth-order valence-corrected chi connectivity index (χ4v) is 6.13. The molecule has 0 radical (unpaired) electrons. The minimum atomic E-state index is -0.192. The Hall–Kier alpha value is -2.13. The second kappa shape index (κ2) is 8.19. The number of fused-ring (bicyclic) bond motifs is 1. The maximum Gasteiger partial charge on any atom is 0.263 e. The summed E-state index contributed by atoms with van der Waals surface area (Å²) in [5, 5.41) is 10.1. The molecule has 9 heteroatoms. The number of thioether (sulfide) groups is 1. The average molecular weight is 445 g/mol. The Labute approximate surface area is 182 Å². The molecule has 2 saturated carbocycles. The van der Waals surface area contributed by atoms with Gasteiger partial charge >= 0.3 is 0 Å². The number of nitrogens with one attached hydrogen (secondary N) is 1. The molecule has 2 aliphatic rings. The number of carbonyl (C=O) groups is 1. The van der Waals surface area contributed by atoms with Crippen LogP contribution in [0.25, 0.3) is 10.2 Å². The molecule has 3 aromatic rings. The molecule has 158 valence electrons. The van der Waals surface area contributed by atoms with E-state index < -0.39 is 0 Å². The van der Waals surface area contributed by atoms with Gasteiger partial charge in [0, 0.05) is 12.1 Å². The number of rotatable bonds is 6. The number of thiophene rings is 1. The van der Waals surface area contributed by atoms with Gasteiger partial charge < -0.3 is 9.84 Å². The van der Waals surface area contributed by atoms with Crippen molar-refractivity contribution in [1.29, 1.82) is 0 Å². The Bertz CT molecular complexity index is 1140. The first-order valence-corrected chi connectivity index (χ1v) is 12.4. The van der Waals surface area contributed by atoms with Crippen LogP contribution >= 0.6 is 23.1 Å². The second-order valence-corrected chi connectivity index (χ2v) is 9.97. The van der Waals surface area contributed by atoms with E-state index in [4.69, 9.17) is 9.51 Å². The third-order valence-electron chi connectivity index (χ3n) is 5.82. The Morgan fingerprint density at radius 2 is 2.10 bits per heavy atom. The van der Waals surface area contributed by atoms with E-state index in [1.54, 1.807) is 24.3 Å². The van der Waals surface area contributed by atoms with Crippen LogP contribution in [0.15, 0.2) is 25.9 Å². The second-order valence-electron chi connectivity index (χ2n) is 8.17. The minimum absolute atomic E-state index is 0.0742. The number of anilines is 1. The maximum atomic E-state index is 13.6. The van der Waals surface area contributed by atoms with E-state index in [0.29, 0.717) is 22.7 Å². The molecule has 3 aromatic heterocycles. The average Bonchev–Trinajstić information content (AvgIpc) is 3.37. The zero-order chi connectivity index (χ0) is 20.7. The van der Waals surface area contributed by atoms with E-state index >= 15 is 0 Å². The smallest absolute Gasteiger partial charge is 0.263 e. The van der Waals surface area contributed by atoms with Crippen molar-refractivity contribution in [2.45, 2.75) is 69.0 Å². The molecule has 0 aliphatic heterocycles. The lowest BCUT2D eigenvalue weighted by Gasteiger charge is -2.26. The molecule has 30 heavy (non-hydrogen) atoms. The van der Waals surface area contributed by atoms with Crippen molar-refractivity contribution in [2.75, 3.05) is 11.1 Å². The van der Waals surface area contributed by atoms with Gasteiger partial charge in [-0.05, 0) is 49.5 Å². The molecule has 3 heterocycles. The molecule has 0 unspecified atom stereocenters. The molecule has 2 aliphatic carbocycles. The number of hydrogen-bond donors (Lipinski definition) is 1. The monoisotopic (exact) mass is 444 g/mol. The maximum absolute atomic E-state index is 13.6. The molecule has 0 bridgehead atoms. The van der Waals surface area contributed by atoms with Crippen molar-refractivity contribution in [3.05, 3.63) is 33.1 Å². The first-order chi connectivity index (χ1) is 14.6. The van der Waals surface area contributed by atoms with Crippen LogP contribution in [-0.4, -0.2) is 26.4 Å². The number of nitrogens with zero attached hydrogens (tertiary/aromatic N) is 3. The summed E-state index contributed by atoms with van der Waals surface area (Å²) >= 11 is 2.87. The molecule has 2 fully saturated rings. The molecule has 0 spiro atoms. The van der Waals surface area contributed by atoms with Crippen molar-refractivity contribution in [1.82, 2.24) is 14.7 Å². The summed E-state index contributed by atoms with van der Waals surface area (Å²) in [5.41, 5.74) is 1.25. The first kappa shape index (κ1) is 19.8. The lowest BCUT2D eigenvalue weighted by Crippen LogP contribution is -2.29. The summed E-state index contributed by atoms with van der Waals surface area (Å²) in [6, 6.07) is 1.84. The highest BCUT2D eigenvalue weighted by Gasteiger charge is 2.30. The van der Waals surface area contributed by atoms with Gasteiger partial charge in [-0.25, -0.2) is 4.98 Å². The summed E-state index contributed by atoms with van der Waals surface area (Å²) in [6.45, 7) is 1.77. The SMILES string of the molecule is Cc1cc(NC(=O)CSc2nc3scc(C4CC4)c3c(=O)n2C2CCCCC2)no1. The standard InChI is InChI=1S/C21H24N4O3S2/c1-12-9-16(24-28-12)22-17(26)11-30-21-23-19-18(15(10-29-19)13-7-8-13)20(27)25(21)14-5-3-2-4-6-14/h9-10,13-14H,2-8,11H2,1H3,(H,22,24,26). The van der Waals surface area contributed by atoms with Gasteiger partial charge in [-0.1, -0.05) is 36.2 Å². The zero-order valence-corrected chi connectivity index (χ0v) is 18.5. The summed E-state index contributed by atoms with van der Waals surface area (Å²) in [4.78, 5) is 31.7. The van der Waals surface area contributed by atoms with Gasteiger partial charge in [-0.15, -0.1) is 11.3 Å². The van der Waals surface area contributed by atoms with E-state index in [2.05, 4.69) is 15.9 Å². The van der Waals surface area contributed by atoms with Gasteiger partial charge in [0.05, 0.1) is 11.1 Å². The Morgan fingerprint density at radius 3 is 2.80 bits per heavy atom. The number of aryl methyl sites for hydroxylation is 1.